The minimum atomic E-state index is -1.11. The first kappa shape index (κ1) is 30.8. The maximum Gasteiger partial charge on any atom is 0.242 e. The van der Waals surface area contributed by atoms with Crippen molar-refractivity contribution in [2.24, 2.45) is 17.2 Å². The molecule has 2 aromatic rings. The van der Waals surface area contributed by atoms with Gasteiger partial charge in [0, 0.05) is 32.7 Å². The fourth-order valence-corrected chi connectivity index (χ4v) is 3.82. The van der Waals surface area contributed by atoms with Crippen LogP contribution < -0.4 is 32.6 Å². The third-order valence-electron chi connectivity index (χ3n) is 5.94. The number of hydrogen-bond donors (Lipinski definition) is 5. The summed E-state index contributed by atoms with van der Waals surface area (Å²) in [6.07, 6.45) is 1.67. The molecule has 2 rings (SSSR count). The molecule has 10 nitrogen and oxygen atoms in total. The minimum Gasteiger partial charge on any atom is -0.494 e. The molecule has 0 unspecified atom stereocenters. The molecule has 0 heterocycles. The van der Waals surface area contributed by atoms with Gasteiger partial charge in [-0.2, -0.15) is 0 Å². The third kappa shape index (κ3) is 10.9. The molecule has 10 heteroatoms. The quantitative estimate of drug-likeness (QED) is 0.202. The van der Waals surface area contributed by atoms with Crippen LogP contribution in [0.3, 0.4) is 0 Å². The molecule has 0 radical (unpaired) electrons. The maximum atomic E-state index is 13.1. The molecule has 3 amide bonds. The van der Waals surface area contributed by atoms with Crippen molar-refractivity contribution in [1.29, 1.82) is 0 Å². The van der Waals surface area contributed by atoms with E-state index in [1.807, 2.05) is 61.5 Å². The Labute approximate surface area is 225 Å². The van der Waals surface area contributed by atoms with E-state index >= 15 is 0 Å². The molecule has 2 atom stereocenters. The molecule has 0 saturated heterocycles. The molecule has 38 heavy (non-hydrogen) atoms. The Kier molecular flexibility index (Phi) is 13.9. The number of nitrogens with two attached hydrogens (primary N) is 3. The second-order valence-electron chi connectivity index (χ2n) is 9.06. The number of rotatable bonds is 17. The van der Waals surface area contributed by atoms with Crippen LogP contribution in [0.4, 0.5) is 0 Å². The summed E-state index contributed by atoms with van der Waals surface area (Å²) in [4.78, 5) is 40.1. The van der Waals surface area contributed by atoms with E-state index in [2.05, 4.69) is 10.6 Å². The standard InChI is InChI=1S/C28H42N6O4/c1-2-18-38-23-11-8-22(9-12-23)20-32-28(37)25(13-10-21-6-4-3-5-7-21)33-27(36)24(31)19-26(35)34(16-14-29)17-15-30/h3-9,11-12,24-25H,2,10,13-20,29-31H2,1H3,(H,32,37)(H,33,36)/t24-,25-/m0/s1. The van der Waals surface area contributed by atoms with Gasteiger partial charge in [-0.25, -0.2) is 0 Å². The predicted octanol–water partition coefficient (Wildman–Crippen LogP) is 0.673. The van der Waals surface area contributed by atoms with E-state index < -0.39 is 18.0 Å². The monoisotopic (exact) mass is 526 g/mol. The zero-order chi connectivity index (χ0) is 27.8. The van der Waals surface area contributed by atoms with E-state index in [1.54, 1.807) is 0 Å². The predicted molar refractivity (Wildman–Crippen MR) is 148 cm³/mol. The summed E-state index contributed by atoms with van der Waals surface area (Å²) in [5.41, 5.74) is 19.1. The van der Waals surface area contributed by atoms with Gasteiger partial charge in [-0.1, -0.05) is 49.4 Å². The van der Waals surface area contributed by atoms with Gasteiger partial charge in [0.2, 0.25) is 17.7 Å². The summed E-state index contributed by atoms with van der Waals surface area (Å²) >= 11 is 0. The fraction of sp³-hybridized carbons (Fsp3) is 0.464. The highest BCUT2D eigenvalue weighted by Gasteiger charge is 2.26. The van der Waals surface area contributed by atoms with Crippen molar-refractivity contribution in [2.75, 3.05) is 32.8 Å². The van der Waals surface area contributed by atoms with Crippen LogP contribution in [0.2, 0.25) is 0 Å². The highest BCUT2D eigenvalue weighted by atomic mass is 16.5. The summed E-state index contributed by atoms with van der Waals surface area (Å²) in [6.45, 7) is 4.20. The summed E-state index contributed by atoms with van der Waals surface area (Å²) in [5, 5.41) is 5.64. The average Bonchev–Trinajstić information content (AvgIpc) is 2.93. The van der Waals surface area contributed by atoms with Crippen molar-refractivity contribution in [3.63, 3.8) is 0 Å². The van der Waals surface area contributed by atoms with E-state index in [9.17, 15) is 14.4 Å². The van der Waals surface area contributed by atoms with Gasteiger partial charge in [0.25, 0.3) is 0 Å². The number of carbonyl (C=O) groups excluding carboxylic acids is 3. The number of carbonyl (C=O) groups is 3. The Bertz CT molecular complexity index is 981. The Morgan fingerprint density at radius 2 is 1.58 bits per heavy atom. The topological polar surface area (TPSA) is 166 Å². The van der Waals surface area contributed by atoms with Gasteiger partial charge >= 0.3 is 0 Å². The van der Waals surface area contributed by atoms with Gasteiger partial charge in [0.05, 0.1) is 19.1 Å². The van der Waals surface area contributed by atoms with Crippen LogP contribution in [-0.4, -0.2) is 67.5 Å². The smallest absolute Gasteiger partial charge is 0.242 e. The SMILES string of the molecule is CCCOc1ccc(CNC(=O)[C@H](CCc2ccccc2)NC(=O)[C@@H](N)CC(=O)N(CCN)CCN)cc1. The van der Waals surface area contributed by atoms with Crippen molar-refractivity contribution < 1.29 is 19.1 Å². The van der Waals surface area contributed by atoms with Gasteiger partial charge < -0.3 is 37.5 Å². The van der Waals surface area contributed by atoms with Crippen LogP contribution in [0.1, 0.15) is 37.3 Å². The van der Waals surface area contributed by atoms with E-state index in [4.69, 9.17) is 21.9 Å². The van der Waals surface area contributed by atoms with Crippen molar-refractivity contribution in [3.05, 3.63) is 65.7 Å². The van der Waals surface area contributed by atoms with E-state index in [1.165, 1.54) is 4.90 Å². The minimum absolute atomic E-state index is 0.203. The van der Waals surface area contributed by atoms with Gasteiger partial charge in [0.1, 0.15) is 11.8 Å². The van der Waals surface area contributed by atoms with Gasteiger partial charge in [0.15, 0.2) is 0 Å². The van der Waals surface area contributed by atoms with Crippen LogP contribution in [0.5, 0.6) is 5.75 Å². The Hall–Kier alpha value is -3.47. The first-order valence-electron chi connectivity index (χ1n) is 13.1. The van der Waals surface area contributed by atoms with Crippen LogP contribution in [-0.2, 0) is 27.3 Å². The van der Waals surface area contributed by atoms with Gasteiger partial charge in [-0.3, -0.25) is 14.4 Å². The second-order valence-corrected chi connectivity index (χ2v) is 9.06. The zero-order valence-electron chi connectivity index (χ0n) is 22.2. The number of hydrogen-bond acceptors (Lipinski definition) is 7. The lowest BCUT2D eigenvalue weighted by molar-refractivity contribution is -0.135. The van der Waals surface area contributed by atoms with Gasteiger partial charge in [-0.05, 0) is 42.5 Å². The number of amides is 3. The van der Waals surface area contributed by atoms with Crippen LogP contribution >= 0.6 is 0 Å². The zero-order valence-corrected chi connectivity index (χ0v) is 22.2. The summed E-state index contributed by atoms with van der Waals surface area (Å²) in [6, 6.07) is 15.3. The second kappa shape index (κ2) is 17.1. The maximum absolute atomic E-state index is 13.1. The number of ether oxygens (including phenoxy) is 1. The lowest BCUT2D eigenvalue weighted by Gasteiger charge is -2.24. The van der Waals surface area contributed by atoms with Crippen LogP contribution in [0.15, 0.2) is 54.6 Å². The highest BCUT2D eigenvalue weighted by molar-refractivity contribution is 5.92. The molecule has 0 spiro atoms. The molecule has 0 aliphatic carbocycles. The van der Waals surface area contributed by atoms with Crippen molar-refractivity contribution in [1.82, 2.24) is 15.5 Å². The van der Waals surface area contributed by atoms with E-state index in [0.717, 1.165) is 23.3 Å². The molecule has 0 bridgehead atoms. The fourth-order valence-electron chi connectivity index (χ4n) is 3.82. The van der Waals surface area contributed by atoms with Crippen molar-refractivity contribution in [3.8, 4) is 5.75 Å². The lowest BCUT2D eigenvalue weighted by atomic mass is 10.0. The molecule has 0 fully saturated rings. The molecule has 0 aromatic heterocycles. The first-order valence-corrected chi connectivity index (χ1v) is 13.1. The van der Waals surface area contributed by atoms with E-state index in [-0.39, 0.29) is 31.3 Å². The third-order valence-corrected chi connectivity index (χ3v) is 5.94. The van der Waals surface area contributed by atoms with Crippen LogP contribution in [0, 0.1) is 0 Å². The Balaban J connectivity index is 2.01. The molecule has 208 valence electrons. The summed E-state index contributed by atoms with van der Waals surface area (Å²) in [5.74, 6) is -0.424. The molecule has 0 aliphatic heterocycles. The number of nitrogens with one attached hydrogen (secondary N) is 2. The molecule has 8 N–H and O–H groups in total. The van der Waals surface area contributed by atoms with E-state index in [0.29, 0.717) is 39.1 Å². The molecular weight excluding hydrogens is 484 g/mol. The number of aryl methyl sites for hydroxylation is 1. The normalized spacial score (nSPS) is 12.3. The number of benzene rings is 2. The number of nitrogens with zero attached hydrogens (tertiary/aromatic N) is 1. The van der Waals surface area contributed by atoms with Gasteiger partial charge in [-0.15, -0.1) is 0 Å². The Morgan fingerprint density at radius 1 is 0.921 bits per heavy atom. The molecule has 0 saturated carbocycles. The average molecular weight is 527 g/mol. The largest absolute Gasteiger partial charge is 0.494 e. The molecule has 2 aromatic carbocycles. The van der Waals surface area contributed by atoms with Crippen molar-refractivity contribution >= 4 is 17.7 Å². The highest BCUT2D eigenvalue weighted by Crippen LogP contribution is 2.13. The van der Waals surface area contributed by atoms with Crippen molar-refractivity contribution in [2.45, 2.75) is 51.2 Å². The summed E-state index contributed by atoms with van der Waals surface area (Å²) in [7, 11) is 0. The summed E-state index contributed by atoms with van der Waals surface area (Å²) < 4.78 is 5.60. The molecular formula is C28H42N6O4. The lowest BCUT2D eigenvalue weighted by Crippen LogP contribution is -2.53. The first-order chi connectivity index (χ1) is 18.4. The Morgan fingerprint density at radius 3 is 2.18 bits per heavy atom. The molecule has 0 aliphatic rings. The van der Waals surface area contributed by atoms with Crippen LogP contribution in [0.25, 0.3) is 0 Å².